The molecule has 1 saturated carbocycles. The third-order valence-electron chi connectivity index (χ3n) is 3.37. The van der Waals surface area contributed by atoms with Gasteiger partial charge in [-0.2, -0.15) is 0 Å². The zero-order valence-corrected chi connectivity index (χ0v) is 10.8. The van der Waals surface area contributed by atoms with Gasteiger partial charge in [-0.3, -0.25) is 0 Å². The maximum Gasteiger partial charge on any atom is 0.0700 e. The van der Waals surface area contributed by atoms with E-state index in [1.54, 1.807) is 7.11 Å². The van der Waals surface area contributed by atoms with Gasteiger partial charge in [-0.25, -0.2) is 0 Å². The average Bonchev–Trinajstić information content (AvgIpc) is 2.72. The summed E-state index contributed by atoms with van der Waals surface area (Å²) >= 11 is 0. The van der Waals surface area contributed by atoms with Gasteiger partial charge in [0, 0.05) is 19.8 Å². The summed E-state index contributed by atoms with van der Waals surface area (Å²) in [6.07, 6.45) is 6.66. The molecule has 0 aromatic heterocycles. The predicted octanol–water partition coefficient (Wildman–Crippen LogP) is 2.21. The molecule has 2 unspecified atom stereocenters. The Balaban J connectivity index is 1.90. The van der Waals surface area contributed by atoms with Crippen LogP contribution in [0.5, 0.6) is 0 Å². The summed E-state index contributed by atoms with van der Waals surface area (Å²) in [5, 5.41) is 3.54. The third kappa shape index (κ3) is 5.83. The lowest BCUT2D eigenvalue weighted by molar-refractivity contribution is 0.0672. The van der Waals surface area contributed by atoms with Crippen molar-refractivity contribution >= 4 is 0 Å². The fraction of sp³-hybridized carbons (Fsp3) is 1.00. The summed E-state index contributed by atoms with van der Waals surface area (Å²) in [5.41, 5.74) is 0. The molecule has 3 heteroatoms. The third-order valence-corrected chi connectivity index (χ3v) is 3.37. The number of rotatable bonds is 9. The second kappa shape index (κ2) is 8.97. The maximum atomic E-state index is 5.47. The van der Waals surface area contributed by atoms with Crippen LogP contribution in [0.25, 0.3) is 0 Å². The highest BCUT2D eigenvalue weighted by molar-refractivity contribution is 4.79. The van der Waals surface area contributed by atoms with Crippen molar-refractivity contribution in [2.75, 3.05) is 33.5 Å². The van der Waals surface area contributed by atoms with Crippen LogP contribution in [0.3, 0.4) is 0 Å². The maximum absolute atomic E-state index is 5.47. The van der Waals surface area contributed by atoms with Gasteiger partial charge < -0.3 is 14.8 Å². The van der Waals surface area contributed by atoms with Gasteiger partial charge in [0.2, 0.25) is 0 Å². The van der Waals surface area contributed by atoms with Crippen LogP contribution in [0, 0.1) is 5.92 Å². The number of hydrogen-bond acceptors (Lipinski definition) is 3. The van der Waals surface area contributed by atoms with Gasteiger partial charge in [0.1, 0.15) is 0 Å². The lowest BCUT2D eigenvalue weighted by Gasteiger charge is -2.11. The molecule has 1 rings (SSSR count). The molecule has 2 atom stereocenters. The standard InChI is InChI=1S/C13H27NO2/c1-3-14-13-7-6-12(11-13)5-4-8-16-10-9-15-2/h12-14H,3-11H2,1-2H3. The first-order valence-corrected chi connectivity index (χ1v) is 6.66. The van der Waals surface area contributed by atoms with Crippen LogP contribution >= 0.6 is 0 Å². The summed E-state index contributed by atoms with van der Waals surface area (Å²) in [6.45, 7) is 5.65. The Kier molecular flexibility index (Phi) is 7.81. The summed E-state index contributed by atoms with van der Waals surface area (Å²) < 4.78 is 10.4. The number of hydrogen-bond donors (Lipinski definition) is 1. The summed E-state index contributed by atoms with van der Waals surface area (Å²) in [4.78, 5) is 0. The van der Waals surface area contributed by atoms with E-state index in [9.17, 15) is 0 Å². The molecule has 0 radical (unpaired) electrons. The summed E-state index contributed by atoms with van der Waals surface area (Å²) in [6, 6.07) is 0.782. The molecule has 0 aromatic carbocycles. The molecule has 96 valence electrons. The molecule has 0 spiro atoms. The van der Waals surface area contributed by atoms with Gasteiger partial charge in [0.25, 0.3) is 0 Å². The Morgan fingerprint density at radius 1 is 1.19 bits per heavy atom. The van der Waals surface area contributed by atoms with Gasteiger partial charge in [-0.15, -0.1) is 0 Å². The monoisotopic (exact) mass is 229 g/mol. The van der Waals surface area contributed by atoms with Gasteiger partial charge in [0.05, 0.1) is 13.2 Å². The van der Waals surface area contributed by atoms with Crippen molar-refractivity contribution in [2.24, 2.45) is 5.92 Å². The summed E-state index contributed by atoms with van der Waals surface area (Å²) in [7, 11) is 1.71. The SMILES string of the molecule is CCNC1CCC(CCCOCCOC)C1. The average molecular weight is 229 g/mol. The minimum atomic E-state index is 0.714. The van der Waals surface area contributed by atoms with Crippen LogP contribution in [0.1, 0.15) is 39.0 Å². The van der Waals surface area contributed by atoms with E-state index in [-0.39, 0.29) is 0 Å². The molecular formula is C13H27NO2. The molecule has 0 aromatic rings. The molecule has 3 nitrogen and oxygen atoms in total. The highest BCUT2D eigenvalue weighted by atomic mass is 16.5. The molecular weight excluding hydrogens is 202 g/mol. The fourth-order valence-corrected chi connectivity index (χ4v) is 2.53. The minimum absolute atomic E-state index is 0.714. The number of ether oxygens (including phenoxy) is 2. The second-order valence-electron chi connectivity index (χ2n) is 4.68. The normalized spacial score (nSPS) is 25.1. The van der Waals surface area contributed by atoms with Crippen molar-refractivity contribution in [3.8, 4) is 0 Å². The van der Waals surface area contributed by atoms with Crippen molar-refractivity contribution in [3.05, 3.63) is 0 Å². The highest BCUT2D eigenvalue weighted by Crippen LogP contribution is 2.29. The van der Waals surface area contributed by atoms with E-state index in [1.807, 2.05) is 0 Å². The lowest BCUT2D eigenvalue weighted by atomic mass is 10.0. The highest BCUT2D eigenvalue weighted by Gasteiger charge is 2.22. The number of nitrogens with one attached hydrogen (secondary N) is 1. The Hall–Kier alpha value is -0.120. The zero-order chi connectivity index (χ0) is 11.6. The van der Waals surface area contributed by atoms with E-state index in [0.29, 0.717) is 6.61 Å². The quantitative estimate of drug-likeness (QED) is 0.615. The first-order valence-electron chi connectivity index (χ1n) is 6.66. The summed E-state index contributed by atoms with van der Waals surface area (Å²) in [5.74, 6) is 0.926. The van der Waals surface area contributed by atoms with Crippen molar-refractivity contribution in [1.82, 2.24) is 5.32 Å². The second-order valence-corrected chi connectivity index (χ2v) is 4.68. The lowest BCUT2D eigenvalue weighted by Crippen LogP contribution is -2.25. The van der Waals surface area contributed by atoms with E-state index in [4.69, 9.17) is 9.47 Å². The van der Waals surface area contributed by atoms with Crippen LogP contribution in [0.4, 0.5) is 0 Å². The molecule has 0 bridgehead atoms. The van der Waals surface area contributed by atoms with Gasteiger partial charge in [0.15, 0.2) is 0 Å². The largest absolute Gasteiger partial charge is 0.382 e. The molecule has 16 heavy (non-hydrogen) atoms. The van der Waals surface area contributed by atoms with Crippen LogP contribution in [-0.4, -0.2) is 39.5 Å². The predicted molar refractivity (Wildman–Crippen MR) is 66.7 cm³/mol. The molecule has 0 saturated heterocycles. The molecule has 1 N–H and O–H groups in total. The number of methoxy groups -OCH3 is 1. The Labute approximate surface area is 99.9 Å². The van der Waals surface area contributed by atoms with Crippen LogP contribution in [0.15, 0.2) is 0 Å². The van der Waals surface area contributed by atoms with Crippen LogP contribution in [-0.2, 0) is 9.47 Å². The van der Waals surface area contributed by atoms with Gasteiger partial charge in [-0.1, -0.05) is 6.92 Å². The van der Waals surface area contributed by atoms with Gasteiger partial charge in [-0.05, 0) is 44.6 Å². The molecule has 0 aliphatic heterocycles. The molecule has 0 heterocycles. The Morgan fingerprint density at radius 2 is 2.06 bits per heavy atom. The minimum Gasteiger partial charge on any atom is -0.382 e. The Morgan fingerprint density at radius 3 is 2.81 bits per heavy atom. The first-order chi connectivity index (χ1) is 7.86. The van der Waals surface area contributed by atoms with E-state index < -0.39 is 0 Å². The van der Waals surface area contributed by atoms with Crippen LogP contribution < -0.4 is 5.32 Å². The van der Waals surface area contributed by atoms with Crippen molar-refractivity contribution in [1.29, 1.82) is 0 Å². The van der Waals surface area contributed by atoms with E-state index in [0.717, 1.165) is 31.7 Å². The molecule has 1 aliphatic carbocycles. The topological polar surface area (TPSA) is 30.5 Å². The first kappa shape index (κ1) is 13.9. The zero-order valence-electron chi connectivity index (χ0n) is 10.8. The smallest absolute Gasteiger partial charge is 0.0700 e. The van der Waals surface area contributed by atoms with Gasteiger partial charge >= 0.3 is 0 Å². The van der Waals surface area contributed by atoms with Crippen molar-refractivity contribution in [2.45, 2.75) is 45.1 Å². The molecule has 1 fully saturated rings. The van der Waals surface area contributed by atoms with Crippen molar-refractivity contribution in [3.63, 3.8) is 0 Å². The van der Waals surface area contributed by atoms with E-state index >= 15 is 0 Å². The molecule has 1 aliphatic rings. The molecule has 0 amide bonds. The van der Waals surface area contributed by atoms with Crippen LogP contribution in [0.2, 0.25) is 0 Å². The fourth-order valence-electron chi connectivity index (χ4n) is 2.53. The Bertz CT molecular complexity index is 164. The van der Waals surface area contributed by atoms with Crippen molar-refractivity contribution < 1.29 is 9.47 Å². The van der Waals surface area contributed by atoms with E-state index in [1.165, 1.54) is 32.1 Å². The van der Waals surface area contributed by atoms with E-state index in [2.05, 4.69) is 12.2 Å².